The van der Waals surface area contributed by atoms with Gasteiger partial charge in [0.05, 0.1) is 6.21 Å². The minimum Gasteiger partial charge on any atom is -0.381 e. The van der Waals surface area contributed by atoms with Crippen LogP contribution in [0.1, 0.15) is 21.5 Å². The van der Waals surface area contributed by atoms with E-state index in [1.165, 1.54) is 0 Å². The summed E-state index contributed by atoms with van der Waals surface area (Å²) >= 11 is 5.90. The van der Waals surface area contributed by atoms with Gasteiger partial charge < -0.3 is 10.3 Å². The van der Waals surface area contributed by atoms with E-state index in [1.54, 1.807) is 18.3 Å². The van der Waals surface area contributed by atoms with Crippen LogP contribution in [0.5, 0.6) is 0 Å². The van der Waals surface area contributed by atoms with Crippen LogP contribution in [-0.2, 0) is 6.54 Å². The first-order valence-corrected chi connectivity index (χ1v) is 9.55. The lowest BCUT2D eigenvalue weighted by Crippen LogP contribution is -2.17. The van der Waals surface area contributed by atoms with Gasteiger partial charge in [-0.25, -0.2) is 5.43 Å². The number of carbonyl (C=O) groups excluding carboxylic acids is 1. The maximum Gasteiger partial charge on any atom is 0.271 e. The molecule has 29 heavy (non-hydrogen) atoms. The van der Waals surface area contributed by atoms with Crippen LogP contribution < -0.4 is 10.7 Å². The molecule has 1 aromatic heterocycles. The zero-order valence-electron chi connectivity index (χ0n) is 15.5. The van der Waals surface area contributed by atoms with E-state index >= 15 is 0 Å². The molecule has 3 N–H and O–H groups in total. The molecular weight excluding hydrogens is 384 g/mol. The number of carbonyl (C=O) groups is 1. The molecule has 4 aromatic rings. The minimum absolute atomic E-state index is 0.259. The number of halogens is 1. The number of aromatic nitrogens is 1. The number of aromatic amines is 1. The maximum absolute atomic E-state index is 12.3. The van der Waals surface area contributed by atoms with Crippen molar-refractivity contribution in [1.82, 2.24) is 10.4 Å². The Kier molecular flexibility index (Phi) is 5.59. The molecule has 0 unspecified atom stereocenters. The Morgan fingerprint density at radius 1 is 1.00 bits per heavy atom. The Labute approximate surface area is 173 Å². The van der Waals surface area contributed by atoms with Crippen molar-refractivity contribution < 1.29 is 4.79 Å². The van der Waals surface area contributed by atoms with E-state index in [0.717, 1.165) is 32.7 Å². The number of amides is 1. The molecule has 0 aliphatic heterocycles. The molecule has 0 atom stereocenters. The van der Waals surface area contributed by atoms with Gasteiger partial charge in [-0.15, -0.1) is 0 Å². The highest BCUT2D eigenvalue weighted by molar-refractivity contribution is 6.30. The summed E-state index contributed by atoms with van der Waals surface area (Å²) in [7, 11) is 0. The smallest absolute Gasteiger partial charge is 0.271 e. The number of para-hydroxylation sites is 1. The van der Waals surface area contributed by atoms with Crippen LogP contribution >= 0.6 is 11.6 Å². The molecule has 0 spiro atoms. The molecule has 1 amide bonds. The number of hydrazone groups is 1. The van der Waals surface area contributed by atoms with Crippen LogP contribution in [0.2, 0.25) is 5.02 Å². The first-order chi connectivity index (χ1) is 14.2. The Balaban J connectivity index is 1.33. The van der Waals surface area contributed by atoms with Crippen LogP contribution in [-0.4, -0.2) is 17.1 Å². The number of hydrogen-bond acceptors (Lipinski definition) is 3. The van der Waals surface area contributed by atoms with E-state index in [4.69, 9.17) is 11.6 Å². The molecule has 5 nitrogen and oxygen atoms in total. The number of hydrogen-bond donors (Lipinski definition) is 3. The van der Waals surface area contributed by atoms with Crippen LogP contribution in [0.15, 0.2) is 84.1 Å². The minimum atomic E-state index is -0.259. The average Bonchev–Trinajstić information content (AvgIpc) is 3.17. The SMILES string of the molecule is O=C(N/N=C\c1c[nH]c2ccccc12)c1ccc(NCc2ccc(Cl)cc2)cc1. The molecule has 0 saturated heterocycles. The molecule has 0 bridgehead atoms. The molecule has 0 aliphatic carbocycles. The zero-order valence-corrected chi connectivity index (χ0v) is 16.3. The highest BCUT2D eigenvalue weighted by Gasteiger charge is 2.05. The fourth-order valence-electron chi connectivity index (χ4n) is 2.97. The van der Waals surface area contributed by atoms with Gasteiger partial charge >= 0.3 is 0 Å². The molecule has 3 aromatic carbocycles. The molecule has 4 rings (SSSR count). The van der Waals surface area contributed by atoms with Gasteiger partial charge in [-0.2, -0.15) is 5.10 Å². The van der Waals surface area contributed by atoms with Gasteiger partial charge in [0.15, 0.2) is 0 Å². The second-order valence-electron chi connectivity index (χ2n) is 6.55. The van der Waals surface area contributed by atoms with Gasteiger partial charge in [-0.1, -0.05) is 41.9 Å². The highest BCUT2D eigenvalue weighted by Crippen LogP contribution is 2.16. The Morgan fingerprint density at radius 2 is 1.76 bits per heavy atom. The van der Waals surface area contributed by atoms with Crippen molar-refractivity contribution in [3.8, 4) is 0 Å². The van der Waals surface area contributed by atoms with E-state index in [1.807, 2.05) is 66.9 Å². The summed E-state index contributed by atoms with van der Waals surface area (Å²) in [4.78, 5) is 15.5. The first-order valence-electron chi connectivity index (χ1n) is 9.17. The van der Waals surface area contributed by atoms with Gasteiger partial charge in [-0.3, -0.25) is 4.79 Å². The lowest BCUT2D eigenvalue weighted by molar-refractivity contribution is 0.0955. The number of nitrogens with one attached hydrogen (secondary N) is 3. The molecule has 1 heterocycles. The third-order valence-corrected chi connectivity index (χ3v) is 4.80. The normalized spacial score (nSPS) is 11.1. The van der Waals surface area contributed by atoms with Gasteiger partial charge in [0.25, 0.3) is 5.91 Å². The van der Waals surface area contributed by atoms with Gasteiger partial charge in [-0.05, 0) is 48.0 Å². The third-order valence-electron chi connectivity index (χ3n) is 4.55. The van der Waals surface area contributed by atoms with Crippen molar-refractivity contribution in [3.63, 3.8) is 0 Å². The third kappa shape index (κ3) is 4.65. The van der Waals surface area contributed by atoms with Crippen molar-refractivity contribution in [2.24, 2.45) is 5.10 Å². The van der Waals surface area contributed by atoms with Gasteiger partial charge in [0, 0.05) is 45.5 Å². The van der Waals surface area contributed by atoms with Crippen molar-refractivity contribution in [3.05, 3.63) is 101 Å². The van der Waals surface area contributed by atoms with Crippen LogP contribution in [0, 0.1) is 0 Å². The van der Waals surface area contributed by atoms with E-state index in [-0.39, 0.29) is 5.91 Å². The first kappa shape index (κ1) is 18.8. The number of benzene rings is 3. The number of anilines is 1. The molecular formula is C23H19ClN4O. The Morgan fingerprint density at radius 3 is 2.55 bits per heavy atom. The Hall–Kier alpha value is -3.57. The van der Waals surface area contributed by atoms with Crippen molar-refractivity contribution in [1.29, 1.82) is 0 Å². The predicted molar refractivity (Wildman–Crippen MR) is 119 cm³/mol. The lowest BCUT2D eigenvalue weighted by atomic mass is 10.2. The quantitative estimate of drug-likeness (QED) is 0.306. The van der Waals surface area contributed by atoms with Crippen molar-refractivity contribution in [2.75, 3.05) is 5.32 Å². The topological polar surface area (TPSA) is 69.3 Å². The number of H-pyrrole nitrogens is 1. The summed E-state index contributed by atoms with van der Waals surface area (Å²) in [5, 5.41) is 9.17. The summed E-state index contributed by atoms with van der Waals surface area (Å²) in [6.07, 6.45) is 3.50. The van der Waals surface area contributed by atoms with Crippen LogP contribution in [0.3, 0.4) is 0 Å². The number of nitrogens with zero attached hydrogens (tertiary/aromatic N) is 1. The standard InChI is InChI=1S/C23H19ClN4O/c24-19-9-5-16(6-10-19)13-25-20-11-7-17(8-12-20)23(29)28-27-15-18-14-26-22-4-2-1-3-21(18)22/h1-12,14-15,25-26H,13H2,(H,28,29)/b27-15-. The number of fused-ring (bicyclic) bond motifs is 1. The lowest BCUT2D eigenvalue weighted by Gasteiger charge is -2.07. The van der Waals surface area contributed by atoms with Crippen LogP contribution in [0.25, 0.3) is 10.9 Å². The highest BCUT2D eigenvalue weighted by atomic mass is 35.5. The Bertz CT molecular complexity index is 1150. The second kappa shape index (κ2) is 8.63. The molecule has 144 valence electrons. The predicted octanol–water partition coefficient (Wildman–Crippen LogP) is 5.20. The maximum atomic E-state index is 12.3. The number of rotatable bonds is 6. The van der Waals surface area contributed by atoms with E-state index in [2.05, 4.69) is 20.8 Å². The van der Waals surface area contributed by atoms with Gasteiger partial charge in [0.1, 0.15) is 0 Å². The van der Waals surface area contributed by atoms with Gasteiger partial charge in [0.2, 0.25) is 0 Å². The fourth-order valence-corrected chi connectivity index (χ4v) is 3.10. The molecule has 0 saturated carbocycles. The van der Waals surface area contributed by atoms with E-state index in [0.29, 0.717) is 12.1 Å². The molecule has 0 radical (unpaired) electrons. The monoisotopic (exact) mass is 402 g/mol. The zero-order chi connectivity index (χ0) is 20.1. The average molecular weight is 403 g/mol. The molecule has 0 aliphatic rings. The van der Waals surface area contributed by atoms with Crippen LogP contribution in [0.4, 0.5) is 5.69 Å². The fraction of sp³-hybridized carbons (Fsp3) is 0.0435. The van der Waals surface area contributed by atoms with E-state index in [9.17, 15) is 4.79 Å². The molecule has 0 fully saturated rings. The summed E-state index contributed by atoms with van der Waals surface area (Å²) < 4.78 is 0. The summed E-state index contributed by atoms with van der Waals surface area (Å²) in [5.74, 6) is -0.259. The largest absolute Gasteiger partial charge is 0.381 e. The summed E-state index contributed by atoms with van der Waals surface area (Å²) in [6.45, 7) is 0.678. The summed E-state index contributed by atoms with van der Waals surface area (Å²) in [6, 6.07) is 22.9. The van der Waals surface area contributed by atoms with Crippen molar-refractivity contribution in [2.45, 2.75) is 6.54 Å². The second-order valence-corrected chi connectivity index (χ2v) is 6.98. The summed E-state index contributed by atoms with van der Waals surface area (Å²) in [5.41, 5.74) is 7.11. The van der Waals surface area contributed by atoms with Crippen molar-refractivity contribution >= 4 is 40.3 Å². The molecule has 6 heteroatoms. The van der Waals surface area contributed by atoms with E-state index < -0.39 is 0 Å².